The van der Waals surface area contributed by atoms with Crippen LogP contribution < -0.4 is 10.2 Å². The van der Waals surface area contributed by atoms with Gasteiger partial charge in [-0.2, -0.15) is 5.26 Å². The summed E-state index contributed by atoms with van der Waals surface area (Å²) >= 11 is 0. The van der Waals surface area contributed by atoms with Crippen molar-refractivity contribution >= 4 is 5.69 Å². The van der Waals surface area contributed by atoms with Crippen LogP contribution in [0, 0.1) is 17.2 Å². The predicted molar refractivity (Wildman–Crippen MR) is 83.7 cm³/mol. The first kappa shape index (κ1) is 14.9. The highest BCUT2D eigenvalue weighted by atomic mass is 15.1. The lowest BCUT2D eigenvalue weighted by molar-refractivity contribution is 0.446. The van der Waals surface area contributed by atoms with E-state index in [1.807, 2.05) is 6.07 Å². The largest absolute Gasteiger partial charge is 0.370 e. The maximum Gasteiger partial charge on any atom is 0.101 e. The molecule has 2 rings (SSSR count). The van der Waals surface area contributed by atoms with Crippen LogP contribution in [0.25, 0.3) is 0 Å². The summed E-state index contributed by atoms with van der Waals surface area (Å²) in [6.07, 6.45) is 2.53. The van der Waals surface area contributed by atoms with Gasteiger partial charge < -0.3 is 10.2 Å². The molecule has 1 unspecified atom stereocenters. The van der Waals surface area contributed by atoms with Crippen molar-refractivity contribution in [2.45, 2.75) is 46.2 Å². The zero-order chi connectivity index (χ0) is 14.5. The van der Waals surface area contributed by atoms with Crippen molar-refractivity contribution in [2.24, 2.45) is 5.92 Å². The van der Waals surface area contributed by atoms with E-state index >= 15 is 0 Å². The summed E-state index contributed by atoms with van der Waals surface area (Å²) in [6, 6.07) is 9.12. The van der Waals surface area contributed by atoms with Gasteiger partial charge in [0.1, 0.15) is 6.07 Å². The second-order valence-corrected chi connectivity index (χ2v) is 6.19. The van der Waals surface area contributed by atoms with Crippen molar-refractivity contribution in [2.75, 3.05) is 18.0 Å². The monoisotopic (exact) mass is 271 g/mol. The van der Waals surface area contributed by atoms with Gasteiger partial charge in [-0.05, 0) is 36.5 Å². The van der Waals surface area contributed by atoms with Crippen molar-refractivity contribution in [1.29, 1.82) is 5.26 Å². The maximum atomic E-state index is 9.42. The number of rotatable bonds is 4. The molecule has 1 aliphatic rings. The Hall–Kier alpha value is -1.53. The molecule has 0 saturated carbocycles. The third-order valence-corrected chi connectivity index (χ3v) is 3.89. The molecular formula is C17H25N3. The molecule has 20 heavy (non-hydrogen) atoms. The lowest BCUT2D eigenvalue weighted by Gasteiger charge is -2.33. The summed E-state index contributed by atoms with van der Waals surface area (Å²) in [5, 5.41) is 12.8. The van der Waals surface area contributed by atoms with E-state index < -0.39 is 0 Å². The second-order valence-electron chi connectivity index (χ2n) is 6.19. The van der Waals surface area contributed by atoms with Gasteiger partial charge in [-0.25, -0.2) is 0 Å². The number of hydrogen-bond acceptors (Lipinski definition) is 3. The minimum Gasteiger partial charge on any atom is -0.370 e. The minimum atomic E-state index is 0.461. The van der Waals surface area contributed by atoms with Crippen LogP contribution in [0.2, 0.25) is 0 Å². The minimum absolute atomic E-state index is 0.461. The molecule has 1 aliphatic heterocycles. The number of anilines is 1. The van der Waals surface area contributed by atoms with Crippen molar-refractivity contribution in [3.05, 3.63) is 29.3 Å². The van der Waals surface area contributed by atoms with Crippen LogP contribution >= 0.6 is 0 Å². The molecule has 3 heteroatoms. The molecule has 1 aromatic carbocycles. The molecule has 0 bridgehead atoms. The van der Waals surface area contributed by atoms with Crippen molar-refractivity contribution in [3.63, 3.8) is 0 Å². The van der Waals surface area contributed by atoms with Crippen LogP contribution in [-0.2, 0) is 6.54 Å². The topological polar surface area (TPSA) is 39.1 Å². The van der Waals surface area contributed by atoms with Crippen LogP contribution in [0.3, 0.4) is 0 Å². The van der Waals surface area contributed by atoms with Crippen LogP contribution in [0.4, 0.5) is 5.69 Å². The van der Waals surface area contributed by atoms with E-state index in [0.717, 1.165) is 36.8 Å². The summed E-state index contributed by atoms with van der Waals surface area (Å²) < 4.78 is 0. The summed E-state index contributed by atoms with van der Waals surface area (Å²) in [7, 11) is 0. The van der Waals surface area contributed by atoms with Crippen molar-refractivity contribution < 1.29 is 0 Å². The fourth-order valence-electron chi connectivity index (χ4n) is 2.79. The maximum absolute atomic E-state index is 9.42. The van der Waals surface area contributed by atoms with Gasteiger partial charge in [0.15, 0.2) is 0 Å². The number of piperidine rings is 1. The number of nitrogens with one attached hydrogen (secondary N) is 1. The Bertz CT molecular complexity index is 487. The van der Waals surface area contributed by atoms with Crippen LogP contribution in [-0.4, -0.2) is 19.1 Å². The fraction of sp³-hybridized carbons (Fsp3) is 0.588. The Kier molecular flexibility index (Phi) is 5.03. The molecule has 108 valence electrons. The molecule has 1 fully saturated rings. The van der Waals surface area contributed by atoms with E-state index in [1.54, 1.807) is 0 Å². The highest BCUT2D eigenvalue weighted by molar-refractivity contribution is 5.60. The molecule has 0 spiro atoms. The molecular weight excluding hydrogens is 246 g/mol. The summed E-state index contributed by atoms with van der Waals surface area (Å²) in [4.78, 5) is 2.37. The Morgan fingerprint density at radius 3 is 2.90 bits per heavy atom. The zero-order valence-electron chi connectivity index (χ0n) is 12.8. The van der Waals surface area contributed by atoms with Gasteiger partial charge in [-0.1, -0.05) is 26.8 Å². The van der Waals surface area contributed by atoms with Gasteiger partial charge in [-0.15, -0.1) is 0 Å². The number of hydrogen-bond donors (Lipinski definition) is 1. The molecule has 0 radical (unpaired) electrons. The van der Waals surface area contributed by atoms with E-state index in [1.165, 1.54) is 18.4 Å². The third kappa shape index (κ3) is 3.74. The number of nitriles is 1. The Labute approximate surface area is 122 Å². The summed E-state index contributed by atoms with van der Waals surface area (Å²) in [5.74, 6) is 0.720. The highest BCUT2D eigenvalue weighted by Gasteiger charge is 2.19. The predicted octanol–water partition coefficient (Wildman–Crippen LogP) is 3.29. The van der Waals surface area contributed by atoms with Gasteiger partial charge in [0, 0.05) is 25.7 Å². The molecule has 0 aliphatic carbocycles. The molecule has 3 nitrogen and oxygen atoms in total. The normalized spacial score (nSPS) is 19.1. The number of benzene rings is 1. The van der Waals surface area contributed by atoms with Gasteiger partial charge in [-0.3, -0.25) is 0 Å². The van der Waals surface area contributed by atoms with Crippen molar-refractivity contribution in [3.8, 4) is 6.07 Å². The van der Waals surface area contributed by atoms with E-state index in [-0.39, 0.29) is 0 Å². The first-order valence-electron chi connectivity index (χ1n) is 7.61. The average Bonchev–Trinajstić information content (AvgIpc) is 2.44. The first-order chi connectivity index (χ1) is 9.60. The van der Waals surface area contributed by atoms with Gasteiger partial charge in [0.2, 0.25) is 0 Å². The zero-order valence-corrected chi connectivity index (χ0v) is 12.8. The standard InChI is InChI=1S/C17H25N3/c1-13(2)19-11-15-6-7-17(16(9-15)10-18)20-8-4-5-14(3)12-20/h6-7,9,13-14,19H,4-5,8,11-12H2,1-3H3. The van der Waals surface area contributed by atoms with E-state index in [2.05, 4.69) is 49.2 Å². The van der Waals surface area contributed by atoms with Gasteiger partial charge >= 0.3 is 0 Å². The Morgan fingerprint density at radius 1 is 1.45 bits per heavy atom. The molecule has 1 aromatic rings. The van der Waals surface area contributed by atoms with Crippen molar-refractivity contribution in [1.82, 2.24) is 5.32 Å². The molecule has 1 saturated heterocycles. The smallest absolute Gasteiger partial charge is 0.101 e. The lowest BCUT2D eigenvalue weighted by atomic mass is 9.98. The SMILES string of the molecule is CC1CCCN(c2ccc(CNC(C)C)cc2C#N)C1. The molecule has 1 N–H and O–H groups in total. The number of nitrogens with zero attached hydrogens (tertiary/aromatic N) is 2. The second kappa shape index (κ2) is 6.76. The van der Waals surface area contributed by atoms with Crippen LogP contribution in [0.1, 0.15) is 44.7 Å². The van der Waals surface area contributed by atoms with Crippen LogP contribution in [0.5, 0.6) is 0 Å². The van der Waals surface area contributed by atoms with Gasteiger partial charge in [0.25, 0.3) is 0 Å². The van der Waals surface area contributed by atoms with E-state index in [0.29, 0.717) is 6.04 Å². The quantitative estimate of drug-likeness (QED) is 0.913. The van der Waals surface area contributed by atoms with E-state index in [9.17, 15) is 5.26 Å². The molecule has 0 aromatic heterocycles. The molecule has 1 heterocycles. The Balaban J connectivity index is 2.15. The lowest BCUT2D eigenvalue weighted by Crippen LogP contribution is -2.34. The third-order valence-electron chi connectivity index (χ3n) is 3.89. The Morgan fingerprint density at radius 2 is 2.25 bits per heavy atom. The first-order valence-corrected chi connectivity index (χ1v) is 7.61. The summed E-state index contributed by atoms with van der Waals surface area (Å²) in [5.41, 5.74) is 3.10. The molecule has 0 amide bonds. The highest BCUT2D eigenvalue weighted by Crippen LogP contribution is 2.26. The summed E-state index contributed by atoms with van der Waals surface area (Å²) in [6.45, 7) is 9.52. The van der Waals surface area contributed by atoms with Gasteiger partial charge in [0.05, 0.1) is 11.3 Å². The average molecular weight is 271 g/mol. The fourth-order valence-corrected chi connectivity index (χ4v) is 2.79. The molecule has 1 atom stereocenters. The van der Waals surface area contributed by atoms with Crippen LogP contribution in [0.15, 0.2) is 18.2 Å². The van der Waals surface area contributed by atoms with E-state index in [4.69, 9.17) is 0 Å².